The van der Waals surface area contributed by atoms with Crippen molar-refractivity contribution in [1.29, 1.82) is 0 Å². The number of hydrogen-bond donors (Lipinski definition) is 2. The molecule has 136 valence electrons. The molecule has 0 saturated carbocycles. The van der Waals surface area contributed by atoms with Crippen LogP contribution in [0, 0.1) is 6.92 Å². The quantitative estimate of drug-likeness (QED) is 0.400. The van der Waals surface area contributed by atoms with Gasteiger partial charge < -0.3 is 20.1 Å². The minimum atomic E-state index is -0.0825. The van der Waals surface area contributed by atoms with Crippen LogP contribution in [0.4, 0.5) is 0 Å². The van der Waals surface area contributed by atoms with E-state index in [0.717, 1.165) is 43.3 Å². The first-order chi connectivity index (χ1) is 11.0. The topological polar surface area (TPSA) is 54.9 Å². The Morgan fingerprint density at radius 2 is 2.12 bits per heavy atom. The fourth-order valence-corrected chi connectivity index (χ4v) is 2.66. The van der Waals surface area contributed by atoms with Gasteiger partial charge in [-0.25, -0.2) is 0 Å². The Bertz CT molecular complexity index is 531. The van der Waals surface area contributed by atoms with Gasteiger partial charge >= 0.3 is 0 Å². The summed E-state index contributed by atoms with van der Waals surface area (Å²) in [5.41, 5.74) is 1.06. The summed E-state index contributed by atoms with van der Waals surface area (Å²) in [6, 6.07) is 8.06. The van der Waals surface area contributed by atoms with Crippen LogP contribution in [0.5, 0.6) is 5.75 Å². The monoisotopic (exact) mass is 447 g/mol. The Morgan fingerprint density at radius 3 is 2.75 bits per heavy atom. The zero-order valence-electron chi connectivity index (χ0n) is 15.1. The molecule has 1 aliphatic rings. The van der Waals surface area contributed by atoms with Crippen molar-refractivity contribution in [3.63, 3.8) is 0 Å². The highest BCUT2D eigenvalue weighted by Crippen LogP contribution is 2.23. The van der Waals surface area contributed by atoms with Crippen LogP contribution in [-0.4, -0.2) is 44.4 Å². The van der Waals surface area contributed by atoms with E-state index in [1.165, 1.54) is 0 Å². The molecule has 2 N–H and O–H groups in total. The van der Waals surface area contributed by atoms with Gasteiger partial charge in [-0.15, -0.1) is 24.0 Å². The molecule has 0 aliphatic carbocycles. The zero-order chi connectivity index (χ0) is 16.7. The third-order valence-corrected chi connectivity index (χ3v) is 4.13. The number of benzene rings is 1. The zero-order valence-corrected chi connectivity index (χ0v) is 17.4. The van der Waals surface area contributed by atoms with Crippen molar-refractivity contribution in [2.45, 2.75) is 45.3 Å². The molecule has 0 radical (unpaired) electrons. The van der Waals surface area contributed by atoms with Crippen LogP contribution in [0.15, 0.2) is 29.3 Å². The van der Waals surface area contributed by atoms with E-state index >= 15 is 0 Å². The number of ether oxygens (including phenoxy) is 2. The Labute approximate surface area is 162 Å². The van der Waals surface area contributed by atoms with Crippen molar-refractivity contribution >= 4 is 29.9 Å². The van der Waals surface area contributed by atoms with Gasteiger partial charge in [-0.1, -0.05) is 18.2 Å². The molecule has 1 heterocycles. The lowest BCUT2D eigenvalue weighted by Gasteiger charge is -2.25. The molecule has 2 atom stereocenters. The minimum Gasteiger partial charge on any atom is -0.489 e. The molecule has 1 saturated heterocycles. The number of nitrogens with zero attached hydrogens (tertiary/aromatic N) is 1. The van der Waals surface area contributed by atoms with Crippen molar-refractivity contribution in [3.8, 4) is 5.75 Å². The van der Waals surface area contributed by atoms with Crippen molar-refractivity contribution in [2.24, 2.45) is 4.99 Å². The number of rotatable bonds is 6. The van der Waals surface area contributed by atoms with E-state index < -0.39 is 0 Å². The molecule has 1 fully saturated rings. The highest BCUT2D eigenvalue weighted by Gasteiger charge is 2.29. The van der Waals surface area contributed by atoms with Crippen molar-refractivity contribution in [3.05, 3.63) is 29.8 Å². The summed E-state index contributed by atoms with van der Waals surface area (Å²) in [4.78, 5) is 4.26. The standard InChI is InChI=1S/C18H29N3O2.HI/c1-14-8-5-6-9-16(14)23-15(2)12-20-17(19-4)21-13-18(3)10-7-11-22-18;/h5-6,8-9,15H,7,10-13H2,1-4H3,(H2,19,20,21);1H. The molecule has 24 heavy (non-hydrogen) atoms. The molecule has 0 amide bonds. The van der Waals surface area contributed by atoms with Crippen molar-refractivity contribution in [1.82, 2.24) is 10.6 Å². The van der Waals surface area contributed by atoms with Gasteiger partial charge in [0.25, 0.3) is 0 Å². The number of aliphatic imine (C=N–C) groups is 1. The number of nitrogens with one attached hydrogen (secondary N) is 2. The van der Waals surface area contributed by atoms with Gasteiger partial charge in [0.05, 0.1) is 12.1 Å². The molecule has 2 rings (SSSR count). The highest BCUT2D eigenvalue weighted by atomic mass is 127. The summed E-state index contributed by atoms with van der Waals surface area (Å²) < 4.78 is 11.8. The average molecular weight is 447 g/mol. The molecule has 5 nitrogen and oxygen atoms in total. The molecule has 1 aliphatic heterocycles. The molecule has 6 heteroatoms. The number of aryl methyl sites for hydroxylation is 1. The van der Waals surface area contributed by atoms with Gasteiger partial charge in [0.15, 0.2) is 5.96 Å². The van der Waals surface area contributed by atoms with Gasteiger partial charge in [0.2, 0.25) is 0 Å². The predicted molar refractivity (Wildman–Crippen MR) is 110 cm³/mol. The van der Waals surface area contributed by atoms with Gasteiger partial charge in [-0.2, -0.15) is 0 Å². The van der Waals surface area contributed by atoms with E-state index in [2.05, 4.69) is 35.5 Å². The van der Waals surface area contributed by atoms with Crippen LogP contribution < -0.4 is 15.4 Å². The fraction of sp³-hybridized carbons (Fsp3) is 0.611. The SMILES string of the molecule is CN=C(NCC(C)Oc1ccccc1C)NCC1(C)CCCO1.I. The second kappa shape index (κ2) is 10.1. The lowest BCUT2D eigenvalue weighted by molar-refractivity contribution is 0.0242. The van der Waals surface area contributed by atoms with Crippen LogP contribution in [0.3, 0.4) is 0 Å². The third kappa shape index (κ3) is 6.47. The first-order valence-corrected chi connectivity index (χ1v) is 8.33. The highest BCUT2D eigenvalue weighted by molar-refractivity contribution is 14.0. The summed E-state index contributed by atoms with van der Waals surface area (Å²) in [5.74, 6) is 1.71. The second-order valence-corrected chi connectivity index (χ2v) is 6.40. The minimum absolute atomic E-state index is 0. The van der Waals surface area contributed by atoms with Crippen molar-refractivity contribution in [2.75, 3.05) is 26.7 Å². The lowest BCUT2D eigenvalue weighted by atomic mass is 10.0. The summed E-state index contributed by atoms with van der Waals surface area (Å²) in [6.45, 7) is 8.55. The maximum absolute atomic E-state index is 5.97. The van der Waals surface area contributed by atoms with Crippen LogP contribution in [0.2, 0.25) is 0 Å². The maximum Gasteiger partial charge on any atom is 0.191 e. The van der Waals surface area contributed by atoms with E-state index in [4.69, 9.17) is 9.47 Å². The average Bonchev–Trinajstić information content (AvgIpc) is 2.97. The van der Waals surface area contributed by atoms with Crippen molar-refractivity contribution < 1.29 is 9.47 Å². The number of guanidine groups is 1. The molecule has 0 bridgehead atoms. The Kier molecular flexibility index (Phi) is 8.83. The van der Waals surface area contributed by atoms with E-state index in [0.29, 0.717) is 6.54 Å². The molecule has 1 aromatic carbocycles. The maximum atomic E-state index is 5.97. The summed E-state index contributed by atoms with van der Waals surface area (Å²) in [5, 5.41) is 6.65. The first kappa shape index (κ1) is 21.0. The van der Waals surface area contributed by atoms with Gasteiger partial charge in [0, 0.05) is 20.2 Å². The number of halogens is 1. The number of hydrogen-bond acceptors (Lipinski definition) is 3. The Morgan fingerprint density at radius 1 is 1.38 bits per heavy atom. The summed E-state index contributed by atoms with van der Waals surface area (Å²) in [7, 11) is 1.78. The Balaban J connectivity index is 0.00000288. The molecular formula is C18H30IN3O2. The normalized spacial score (nSPS) is 21.8. The summed E-state index contributed by atoms with van der Waals surface area (Å²) >= 11 is 0. The number of para-hydroxylation sites is 1. The molecule has 1 aromatic rings. The van der Waals surface area contributed by atoms with Gasteiger partial charge in [-0.05, 0) is 45.2 Å². The molecule has 0 aromatic heterocycles. The predicted octanol–water partition coefficient (Wildman–Crippen LogP) is 3.11. The Hall–Kier alpha value is -1.02. The molecule has 2 unspecified atom stereocenters. The fourth-order valence-electron chi connectivity index (χ4n) is 2.66. The van der Waals surface area contributed by atoms with Crippen LogP contribution in [-0.2, 0) is 4.74 Å². The van der Waals surface area contributed by atoms with E-state index in [1.54, 1.807) is 7.05 Å². The molecule has 0 spiro atoms. The largest absolute Gasteiger partial charge is 0.489 e. The van der Waals surface area contributed by atoms with E-state index in [1.807, 2.05) is 25.1 Å². The molecular weight excluding hydrogens is 417 g/mol. The lowest BCUT2D eigenvalue weighted by Crippen LogP contribution is -2.47. The van der Waals surface area contributed by atoms with Gasteiger partial charge in [-0.3, -0.25) is 4.99 Å². The first-order valence-electron chi connectivity index (χ1n) is 8.33. The third-order valence-electron chi connectivity index (χ3n) is 4.13. The second-order valence-electron chi connectivity index (χ2n) is 6.40. The summed E-state index contributed by atoms with van der Waals surface area (Å²) in [6.07, 6.45) is 2.27. The van der Waals surface area contributed by atoms with E-state index in [-0.39, 0.29) is 35.7 Å². The van der Waals surface area contributed by atoms with Crippen LogP contribution in [0.25, 0.3) is 0 Å². The van der Waals surface area contributed by atoms with Crippen LogP contribution >= 0.6 is 24.0 Å². The van der Waals surface area contributed by atoms with E-state index in [9.17, 15) is 0 Å². The van der Waals surface area contributed by atoms with Crippen LogP contribution in [0.1, 0.15) is 32.3 Å². The smallest absolute Gasteiger partial charge is 0.191 e. The van der Waals surface area contributed by atoms with Gasteiger partial charge in [0.1, 0.15) is 11.9 Å².